The van der Waals surface area contributed by atoms with E-state index in [0.717, 1.165) is 19.1 Å². The number of hydrogen-bond donors (Lipinski definition) is 2. The standard InChI is InChI=1S/C26H31F3N4O5S/c1-25(2,38-20-6-4-5-7-21(20)39(3,36)37)24(35)32-17-12-18-9-10-19(13-17)33(18)22-11-8-16(14-30-22)23(34)31-15-26(27,28)29/h4-8,11,14,17-19H,9-10,12-13,15H2,1-3H3,(H,31,34)(H,32,35)/t17-,18+,19-. The fourth-order valence-corrected chi connectivity index (χ4v) is 5.95. The Morgan fingerprint density at radius 1 is 1.08 bits per heavy atom. The summed E-state index contributed by atoms with van der Waals surface area (Å²) >= 11 is 0. The number of hydrogen-bond acceptors (Lipinski definition) is 7. The first-order chi connectivity index (χ1) is 18.1. The lowest BCUT2D eigenvalue weighted by atomic mass is 9.96. The maximum atomic E-state index is 13.2. The zero-order chi connectivity index (χ0) is 28.6. The second-order valence-corrected chi connectivity index (χ2v) is 12.5. The van der Waals surface area contributed by atoms with Gasteiger partial charge in [-0.05, 0) is 63.8 Å². The summed E-state index contributed by atoms with van der Waals surface area (Å²) in [6.07, 6.45) is 0.910. The van der Waals surface area contributed by atoms with E-state index in [-0.39, 0.29) is 40.2 Å². The first-order valence-corrected chi connectivity index (χ1v) is 14.4. The van der Waals surface area contributed by atoms with Gasteiger partial charge >= 0.3 is 6.18 Å². The van der Waals surface area contributed by atoms with Crippen molar-refractivity contribution in [3.05, 3.63) is 48.2 Å². The van der Waals surface area contributed by atoms with Crippen LogP contribution in [0.2, 0.25) is 0 Å². The summed E-state index contributed by atoms with van der Waals surface area (Å²) in [6.45, 7) is 1.76. The minimum atomic E-state index is -4.50. The van der Waals surface area contributed by atoms with Gasteiger partial charge in [-0.2, -0.15) is 13.2 Å². The van der Waals surface area contributed by atoms with Crippen molar-refractivity contribution in [3.8, 4) is 5.75 Å². The number of aromatic nitrogens is 1. The molecule has 2 bridgehead atoms. The Hall–Kier alpha value is -3.35. The summed E-state index contributed by atoms with van der Waals surface area (Å²) < 4.78 is 67.2. The molecule has 1 aromatic heterocycles. The molecule has 4 rings (SSSR count). The summed E-state index contributed by atoms with van der Waals surface area (Å²) in [5, 5.41) is 4.89. The number of alkyl halides is 3. The Morgan fingerprint density at radius 2 is 1.72 bits per heavy atom. The number of carbonyl (C=O) groups is 2. The average Bonchev–Trinajstić information content (AvgIpc) is 3.11. The van der Waals surface area contributed by atoms with Gasteiger partial charge in [0.2, 0.25) is 0 Å². The quantitative estimate of drug-likeness (QED) is 0.502. The molecule has 2 N–H and O–H groups in total. The molecular formula is C26H31F3N4O5S. The molecule has 3 atom stereocenters. The topological polar surface area (TPSA) is 118 Å². The second kappa shape index (κ2) is 10.7. The fourth-order valence-electron chi connectivity index (χ4n) is 5.15. The van der Waals surface area contributed by atoms with Crippen LogP contribution >= 0.6 is 0 Å². The van der Waals surface area contributed by atoms with E-state index >= 15 is 0 Å². The number of para-hydroxylation sites is 1. The lowest BCUT2D eigenvalue weighted by Gasteiger charge is -2.40. The van der Waals surface area contributed by atoms with Gasteiger partial charge in [0.1, 0.15) is 23.0 Å². The number of nitrogens with zero attached hydrogens (tertiary/aromatic N) is 2. The molecule has 2 saturated heterocycles. The summed E-state index contributed by atoms with van der Waals surface area (Å²) in [5.74, 6) is -0.479. The van der Waals surface area contributed by atoms with E-state index < -0.39 is 34.1 Å². The Balaban J connectivity index is 1.38. The number of pyridine rings is 1. The van der Waals surface area contributed by atoms with Crippen LogP contribution in [0, 0.1) is 0 Å². The van der Waals surface area contributed by atoms with E-state index in [2.05, 4.69) is 15.2 Å². The Bertz CT molecular complexity index is 1320. The van der Waals surface area contributed by atoms with Gasteiger partial charge in [0.25, 0.3) is 11.8 Å². The highest BCUT2D eigenvalue weighted by Gasteiger charge is 2.43. The third kappa shape index (κ3) is 6.81. The van der Waals surface area contributed by atoms with E-state index in [1.807, 2.05) is 5.32 Å². The van der Waals surface area contributed by atoms with Crippen molar-refractivity contribution >= 4 is 27.5 Å². The number of rotatable bonds is 8. The summed E-state index contributed by atoms with van der Waals surface area (Å²) in [5.41, 5.74) is -1.29. The molecule has 0 unspecified atom stereocenters. The molecule has 0 saturated carbocycles. The smallest absolute Gasteiger partial charge is 0.405 e. The Labute approximate surface area is 225 Å². The molecule has 0 aliphatic carbocycles. The van der Waals surface area contributed by atoms with Gasteiger partial charge in [0.05, 0.1) is 5.56 Å². The molecule has 39 heavy (non-hydrogen) atoms. The zero-order valence-corrected chi connectivity index (χ0v) is 22.6. The third-order valence-corrected chi connectivity index (χ3v) is 8.09. The third-order valence-electron chi connectivity index (χ3n) is 6.95. The first-order valence-electron chi connectivity index (χ1n) is 12.5. The Morgan fingerprint density at radius 3 is 2.28 bits per heavy atom. The van der Waals surface area contributed by atoms with Gasteiger partial charge in [0.15, 0.2) is 15.4 Å². The molecule has 9 nitrogen and oxygen atoms in total. The summed E-state index contributed by atoms with van der Waals surface area (Å²) in [4.78, 5) is 31.7. The number of amides is 2. The van der Waals surface area contributed by atoms with Gasteiger partial charge in [-0.15, -0.1) is 0 Å². The highest BCUT2D eigenvalue weighted by molar-refractivity contribution is 7.90. The molecular weight excluding hydrogens is 537 g/mol. The van der Waals surface area contributed by atoms with Crippen LogP contribution in [0.25, 0.3) is 0 Å². The summed E-state index contributed by atoms with van der Waals surface area (Å²) in [6, 6.07) is 9.29. The van der Waals surface area contributed by atoms with Gasteiger partial charge in [-0.25, -0.2) is 13.4 Å². The van der Waals surface area contributed by atoms with Crippen LogP contribution in [0.15, 0.2) is 47.5 Å². The number of fused-ring (bicyclic) bond motifs is 2. The van der Waals surface area contributed by atoms with E-state index in [1.165, 1.54) is 24.4 Å². The van der Waals surface area contributed by atoms with Gasteiger partial charge < -0.3 is 20.3 Å². The lowest BCUT2D eigenvalue weighted by Crippen LogP contribution is -2.55. The molecule has 2 amide bonds. The van der Waals surface area contributed by atoms with Crippen LogP contribution in [0.1, 0.15) is 49.9 Å². The highest BCUT2D eigenvalue weighted by Crippen LogP contribution is 2.39. The number of benzene rings is 1. The maximum absolute atomic E-state index is 13.2. The van der Waals surface area contributed by atoms with Crippen LogP contribution in [-0.4, -0.2) is 67.9 Å². The first kappa shape index (κ1) is 28.7. The predicted octanol–water partition coefficient (Wildman–Crippen LogP) is 3.25. The maximum Gasteiger partial charge on any atom is 0.405 e. The molecule has 2 aliphatic heterocycles. The van der Waals surface area contributed by atoms with E-state index in [0.29, 0.717) is 18.7 Å². The number of sulfone groups is 1. The van der Waals surface area contributed by atoms with Gasteiger partial charge in [0, 0.05) is 30.6 Å². The van der Waals surface area contributed by atoms with Crippen molar-refractivity contribution < 1.29 is 35.9 Å². The molecule has 3 heterocycles. The number of piperidine rings is 1. The number of carbonyl (C=O) groups excluding carboxylic acids is 2. The van der Waals surface area contributed by atoms with Crippen LogP contribution in [0.3, 0.4) is 0 Å². The SMILES string of the molecule is CC(C)(Oc1ccccc1S(C)(=O)=O)C(=O)N[C@H]1C[C@H]2CC[C@@H](C1)N2c1ccc(C(=O)NCC(F)(F)F)cn1. The lowest BCUT2D eigenvalue weighted by molar-refractivity contribution is -0.135. The predicted molar refractivity (Wildman–Crippen MR) is 137 cm³/mol. The minimum Gasteiger partial charge on any atom is -0.477 e. The van der Waals surface area contributed by atoms with Crippen LogP contribution in [-0.2, 0) is 14.6 Å². The van der Waals surface area contributed by atoms with Crippen molar-refractivity contribution in [1.29, 1.82) is 0 Å². The Kier molecular flexibility index (Phi) is 7.84. The molecule has 1 aromatic carbocycles. The number of nitrogens with one attached hydrogen (secondary N) is 2. The number of ether oxygens (including phenoxy) is 1. The van der Waals surface area contributed by atoms with Gasteiger partial charge in [-0.1, -0.05) is 12.1 Å². The minimum absolute atomic E-state index is 0.00794. The molecule has 13 heteroatoms. The van der Waals surface area contributed by atoms with E-state index in [4.69, 9.17) is 4.74 Å². The molecule has 2 aromatic rings. The van der Waals surface area contributed by atoms with E-state index in [9.17, 15) is 31.2 Å². The number of halogens is 3. The average molecular weight is 569 g/mol. The molecule has 212 valence electrons. The molecule has 2 aliphatic rings. The molecule has 0 radical (unpaired) electrons. The number of anilines is 1. The molecule has 2 fully saturated rings. The van der Waals surface area contributed by atoms with Crippen LogP contribution in [0.4, 0.5) is 19.0 Å². The van der Waals surface area contributed by atoms with Crippen LogP contribution < -0.4 is 20.3 Å². The second-order valence-electron chi connectivity index (χ2n) is 10.5. The zero-order valence-electron chi connectivity index (χ0n) is 21.8. The van der Waals surface area contributed by atoms with Crippen LogP contribution in [0.5, 0.6) is 5.75 Å². The van der Waals surface area contributed by atoms with Crippen molar-refractivity contribution in [2.24, 2.45) is 0 Å². The monoisotopic (exact) mass is 568 g/mol. The largest absolute Gasteiger partial charge is 0.477 e. The molecule has 0 spiro atoms. The van der Waals surface area contributed by atoms with Crippen molar-refractivity contribution in [1.82, 2.24) is 15.6 Å². The van der Waals surface area contributed by atoms with E-state index in [1.54, 1.807) is 32.0 Å². The van der Waals surface area contributed by atoms with Gasteiger partial charge in [-0.3, -0.25) is 9.59 Å². The van der Waals surface area contributed by atoms with Crippen molar-refractivity contribution in [3.63, 3.8) is 0 Å². The highest BCUT2D eigenvalue weighted by atomic mass is 32.2. The fraction of sp³-hybridized carbons (Fsp3) is 0.500. The van der Waals surface area contributed by atoms with Crippen molar-refractivity contribution in [2.75, 3.05) is 17.7 Å². The summed E-state index contributed by atoms with van der Waals surface area (Å²) in [7, 11) is -3.55. The normalized spacial score (nSPS) is 21.4. The van der Waals surface area contributed by atoms with Crippen molar-refractivity contribution in [2.45, 2.75) is 74.3 Å².